The van der Waals surface area contributed by atoms with Gasteiger partial charge in [-0.05, 0) is 24.3 Å². The molecule has 0 aliphatic carbocycles. The normalized spacial score (nSPS) is 9.78. The number of hydrogen-bond donors (Lipinski definition) is 2. The summed E-state index contributed by atoms with van der Waals surface area (Å²) in [7, 11) is 0. The SMILES string of the molecule is NC(=O)c1ccc(NC(=O)c2ccccn2)cn1. The van der Waals surface area contributed by atoms with E-state index in [1.807, 2.05) is 0 Å². The van der Waals surface area contributed by atoms with Crippen molar-refractivity contribution in [1.82, 2.24) is 9.97 Å². The van der Waals surface area contributed by atoms with Gasteiger partial charge in [0.1, 0.15) is 11.4 Å². The standard InChI is InChI=1S/C12H10N4O2/c13-11(17)9-5-4-8(7-15-9)16-12(18)10-3-1-2-6-14-10/h1-7H,(H2,13,17)(H,16,18). The molecule has 6 heteroatoms. The second kappa shape index (κ2) is 5.05. The summed E-state index contributed by atoms with van der Waals surface area (Å²) in [6, 6.07) is 8.03. The molecule has 0 aliphatic heterocycles. The molecular formula is C12H10N4O2. The zero-order valence-corrected chi connectivity index (χ0v) is 9.33. The van der Waals surface area contributed by atoms with Gasteiger partial charge in [-0.1, -0.05) is 6.07 Å². The van der Waals surface area contributed by atoms with Crippen LogP contribution in [0.1, 0.15) is 21.0 Å². The number of hydrogen-bond acceptors (Lipinski definition) is 4. The molecule has 2 aromatic rings. The van der Waals surface area contributed by atoms with E-state index in [-0.39, 0.29) is 11.6 Å². The Labute approximate surface area is 103 Å². The fraction of sp³-hybridized carbons (Fsp3) is 0. The lowest BCUT2D eigenvalue weighted by Gasteiger charge is -2.04. The van der Waals surface area contributed by atoms with Crippen LogP contribution >= 0.6 is 0 Å². The first-order valence-corrected chi connectivity index (χ1v) is 5.15. The molecule has 0 aromatic carbocycles. The second-order valence-corrected chi connectivity index (χ2v) is 3.47. The lowest BCUT2D eigenvalue weighted by atomic mass is 10.3. The number of rotatable bonds is 3. The maximum Gasteiger partial charge on any atom is 0.274 e. The monoisotopic (exact) mass is 242 g/mol. The van der Waals surface area contributed by atoms with E-state index in [2.05, 4.69) is 15.3 Å². The summed E-state index contributed by atoms with van der Waals surface area (Å²) in [5.41, 5.74) is 5.97. The molecule has 0 radical (unpaired) electrons. The molecule has 0 spiro atoms. The maximum absolute atomic E-state index is 11.7. The van der Waals surface area contributed by atoms with Gasteiger partial charge in [0, 0.05) is 6.20 Å². The molecular weight excluding hydrogens is 232 g/mol. The van der Waals surface area contributed by atoms with Crippen molar-refractivity contribution in [3.8, 4) is 0 Å². The third-order valence-electron chi connectivity index (χ3n) is 2.17. The van der Waals surface area contributed by atoms with Crippen LogP contribution in [0.4, 0.5) is 5.69 Å². The molecule has 0 bridgehead atoms. The molecule has 6 nitrogen and oxygen atoms in total. The number of primary amides is 1. The minimum absolute atomic E-state index is 0.144. The molecule has 0 fully saturated rings. The summed E-state index contributed by atoms with van der Waals surface area (Å²) in [4.78, 5) is 30.3. The Morgan fingerprint density at radius 3 is 2.44 bits per heavy atom. The minimum Gasteiger partial charge on any atom is -0.364 e. The van der Waals surface area contributed by atoms with Crippen molar-refractivity contribution < 1.29 is 9.59 Å². The van der Waals surface area contributed by atoms with Gasteiger partial charge in [0.25, 0.3) is 11.8 Å². The van der Waals surface area contributed by atoms with Gasteiger partial charge in [-0.3, -0.25) is 14.6 Å². The highest BCUT2D eigenvalue weighted by Gasteiger charge is 2.07. The summed E-state index contributed by atoms with van der Waals surface area (Å²) in [6.45, 7) is 0. The number of nitrogens with zero attached hydrogens (tertiary/aromatic N) is 2. The number of carbonyl (C=O) groups is 2. The Morgan fingerprint density at radius 2 is 1.89 bits per heavy atom. The van der Waals surface area contributed by atoms with E-state index in [4.69, 9.17) is 5.73 Å². The average molecular weight is 242 g/mol. The van der Waals surface area contributed by atoms with Crippen molar-refractivity contribution in [2.45, 2.75) is 0 Å². The molecule has 0 saturated heterocycles. The number of pyridine rings is 2. The van der Waals surface area contributed by atoms with Gasteiger partial charge < -0.3 is 11.1 Å². The van der Waals surface area contributed by atoms with E-state index in [1.165, 1.54) is 18.5 Å². The van der Waals surface area contributed by atoms with Crippen LogP contribution in [-0.2, 0) is 0 Å². The molecule has 0 saturated carbocycles. The molecule has 0 atom stereocenters. The Balaban J connectivity index is 2.10. The van der Waals surface area contributed by atoms with Crippen LogP contribution in [0.3, 0.4) is 0 Å². The second-order valence-electron chi connectivity index (χ2n) is 3.47. The van der Waals surface area contributed by atoms with Gasteiger partial charge in [0.2, 0.25) is 0 Å². The van der Waals surface area contributed by atoms with Crippen LogP contribution in [0.25, 0.3) is 0 Å². The minimum atomic E-state index is -0.613. The molecule has 18 heavy (non-hydrogen) atoms. The molecule has 0 unspecified atom stereocenters. The van der Waals surface area contributed by atoms with Crippen molar-refractivity contribution in [2.24, 2.45) is 5.73 Å². The molecule has 2 aromatic heterocycles. The first kappa shape index (κ1) is 11.7. The predicted molar refractivity (Wildman–Crippen MR) is 64.9 cm³/mol. The summed E-state index contributed by atoms with van der Waals surface area (Å²) in [6.07, 6.45) is 2.89. The van der Waals surface area contributed by atoms with Crippen LogP contribution in [0.2, 0.25) is 0 Å². The van der Waals surface area contributed by atoms with Gasteiger partial charge in [-0.25, -0.2) is 4.98 Å². The van der Waals surface area contributed by atoms with Gasteiger partial charge >= 0.3 is 0 Å². The van der Waals surface area contributed by atoms with Gasteiger partial charge in [-0.15, -0.1) is 0 Å². The smallest absolute Gasteiger partial charge is 0.274 e. The van der Waals surface area contributed by atoms with Crippen LogP contribution in [0.15, 0.2) is 42.7 Å². The van der Waals surface area contributed by atoms with Gasteiger partial charge in [0.05, 0.1) is 11.9 Å². The topological polar surface area (TPSA) is 98.0 Å². The fourth-order valence-corrected chi connectivity index (χ4v) is 1.31. The lowest BCUT2D eigenvalue weighted by molar-refractivity contribution is 0.0994. The molecule has 2 amide bonds. The number of aromatic nitrogens is 2. The maximum atomic E-state index is 11.7. The van der Waals surface area contributed by atoms with E-state index >= 15 is 0 Å². The molecule has 2 heterocycles. The van der Waals surface area contributed by atoms with Gasteiger partial charge in [-0.2, -0.15) is 0 Å². The number of carbonyl (C=O) groups excluding carboxylic acids is 2. The van der Waals surface area contributed by atoms with Crippen LogP contribution in [-0.4, -0.2) is 21.8 Å². The first-order chi connectivity index (χ1) is 8.66. The fourth-order valence-electron chi connectivity index (χ4n) is 1.31. The van der Waals surface area contributed by atoms with E-state index in [1.54, 1.807) is 24.3 Å². The van der Waals surface area contributed by atoms with Crippen molar-refractivity contribution in [3.63, 3.8) is 0 Å². The molecule has 2 rings (SSSR count). The van der Waals surface area contributed by atoms with E-state index in [0.717, 1.165) is 0 Å². The quantitative estimate of drug-likeness (QED) is 0.832. The Hall–Kier alpha value is -2.76. The molecule has 90 valence electrons. The summed E-state index contributed by atoms with van der Waals surface area (Å²) < 4.78 is 0. The first-order valence-electron chi connectivity index (χ1n) is 5.15. The highest BCUT2D eigenvalue weighted by molar-refractivity contribution is 6.02. The van der Waals surface area contributed by atoms with E-state index < -0.39 is 5.91 Å². The predicted octanol–water partition coefficient (Wildman–Crippen LogP) is 0.828. The highest BCUT2D eigenvalue weighted by atomic mass is 16.2. The van der Waals surface area contributed by atoms with Crippen molar-refractivity contribution in [3.05, 3.63) is 54.1 Å². The van der Waals surface area contributed by atoms with Crippen LogP contribution < -0.4 is 11.1 Å². The van der Waals surface area contributed by atoms with E-state index in [0.29, 0.717) is 11.4 Å². The summed E-state index contributed by atoms with van der Waals surface area (Å²) in [5, 5.41) is 2.61. The highest BCUT2D eigenvalue weighted by Crippen LogP contribution is 2.07. The summed E-state index contributed by atoms with van der Waals surface area (Å²) >= 11 is 0. The summed E-state index contributed by atoms with van der Waals surface area (Å²) in [5.74, 6) is -0.957. The Kier molecular flexibility index (Phi) is 3.29. The third kappa shape index (κ3) is 2.67. The van der Waals surface area contributed by atoms with Crippen LogP contribution in [0, 0.1) is 0 Å². The largest absolute Gasteiger partial charge is 0.364 e. The molecule has 3 N–H and O–H groups in total. The van der Waals surface area contributed by atoms with Gasteiger partial charge in [0.15, 0.2) is 0 Å². The van der Waals surface area contributed by atoms with Crippen molar-refractivity contribution in [1.29, 1.82) is 0 Å². The number of nitrogens with one attached hydrogen (secondary N) is 1. The van der Waals surface area contributed by atoms with E-state index in [9.17, 15) is 9.59 Å². The average Bonchev–Trinajstić information content (AvgIpc) is 2.40. The molecule has 0 aliphatic rings. The zero-order chi connectivity index (χ0) is 13.0. The van der Waals surface area contributed by atoms with Crippen LogP contribution in [0.5, 0.6) is 0 Å². The third-order valence-corrected chi connectivity index (χ3v) is 2.17. The van der Waals surface area contributed by atoms with Crippen molar-refractivity contribution in [2.75, 3.05) is 5.32 Å². The number of nitrogens with two attached hydrogens (primary N) is 1. The Morgan fingerprint density at radius 1 is 1.06 bits per heavy atom. The number of amides is 2. The zero-order valence-electron chi connectivity index (χ0n) is 9.33. The van der Waals surface area contributed by atoms with Crippen molar-refractivity contribution >= 4 is 17.5 Å². The Bertz CT molecular complexity index is 566. The number of anilines is 1. The lowest BCUT2D eigenvalue weighted by Crippen LogP contribution is -2.15.